The Bertz CT molecular complexity index is 1400. The van der Waals surface area contributed by atoms with E-state index in [1.807, 2.05) is 13.0 Å². The van der Waals surface area contributed by atoms with Crippen molar-refractivity contribution in [1.82, 2.24) is 0 Å². The lowest BCUT2D eigenvalue weighted by Gasteiger charge is -2.15. The maximum absolute atomic E-state index is 12.6. The topological polar surface area (TPSA) is 100 Å². The van der Waals surface area contributed by atoms with E-state index in [1.165, 1.54) is 6.08 Å². The van der Waals surface area contributed by atoms with E-state index in [0.29, 0.717) is 49.6 Å². The van der Waals surface area contributed by atoms with Gasteiger partial charge in [-0.1, -0.05) is 41.4 Å². The maximum Gasteiger partial charge on any atom is 0.266 e. The third kappa shape index (κ3) is 7.73. The maximum atomic E-state index is 12.6. The highest BCUT2D eigenvalue weighted by Gasteiger charge is 2.16. The minimum atomic E-state index is -0.613. The number of ether oxygens (including phenoxy) is 2. The van der Waals surface area contributed by atoms with E-state index in [9.17, 15) is 14.9 Å². The lowest BCUT2D eigenvalue weighted by atomic mass is 10.1. The van der Waals surface area contributed by atoms with Crippen LogP contribution in [0.4, 0.5) is 11.4 Å². The zero-order chi connectivity index (χ0) is 26.9. The Morgan fingerprint density at radius 2 is 1.81 bits per heavy atom. The molecule has 3 rings (SSSR count). The molecule has 0 aromatic heterocycles. The number of carbonyl (C=O) groups is 2. The number of halogens is 3. The second-order valence-electron chi connectivity index (χ2n) is 7.67. The molecule has 0 aliphatic rings. The monoisotopic (exact) mass is 601 g/mol. The Morgan fingerprint density at radius 1 is 1.05 bits per heavy atom. The number of nitrogens with one attached hydrogen (secondary N) is 2. The van der Waals surface area contributed by atoms with Crippen molar-refractivity contribution in [3.63, 3.8) is 0 Å². The molecule has 37 heavy (non-hydrogen) atoms. The molecule has 3 aromatic carbocycles. The van der Waals surface area contributed by atoms with Crippen LogP contribution >= 0.6 is 39.1 Å². The van der Waals surface area contributed by atoms with Gasteiger partial charge in [0.25, 0.3) is 11.8 Å². The molecule has 7 nitrogen and oxygen atoms in total. The third-order valence-corrected chi connectivity index (χ3v) is 6.26. The van der Waals surface area contributed by atoms with Crippen LogP contribution in [0.15, 0.2) is 64.6 Å². The summed E-state index contributed by atoms with van der Waals surface area (Å²) in [4.78, 5) is 25.1. The standard InChI is InChI=1S/C27H22BrCl2N3O4/c1-3-36-24-12-17(10-18(14-31)27(35)33-23-7-5-4-6-21(23)29)11-20(28)26(24)37-15-25(34)32-19-9-8-16(2)22(30)13-19/h4-13H,3,15H2,1-2H3,(H,32,34)(H,33,35)/b18-10+. The molecule has 2 N–H and O–H groups in total. The first kappa shape index (κ1) is 28.1. The second-order valence-corrected chi connectivity index (χ2v) is 9.34. The van der Waals surface area contributed by atoms with Gasteiger partial charge in [0.15, 0.2) is 18.1 Å². The van der Waals surface area contributed by atoms with Gasteiger partial charge in [-0.3, -0.25) is 9.59 Å². The van der Waals surface area contributed by atoms with Gasteiger partial charge in [0.05, 0.1) is 21.8 Å². The zero-order valence-electron chi connectivity index (χ0n) is 19.9. The molecule has 0 spiro atoms. The van der Waals surface area contributed by atoms with Gasteiger partial charge in [0.2, 0.25) is 0 Å². The van der Waals surface area contributed by atoms with E-state index in [0.717, 1.165) is 5.56 Å². The quantitative estimate of drug-likeness (QED) is 0.202. The van der Waals surface area contributed by atoms with Crippen molar-refractivity contribution >= 4 is 68.4 Å². The van der Waals surface area contributed by atoms with Crippen molar-refractivity contribution in [2.45, 2.75) is 13.8 Å². The lowest BCUT2D eigenvalue weighted by Crippen LogP contribution is -2.20. The van der Waals surface area contributed by atoms with E-state index >= 15 is 0 Å². The molecular formula is C27H22BrCl2N3O4. The van der Waals surface area contributed by atoms with Crippen molar-refractivity contribution in [3.05, 3.63) is 85.8 Å². The molecule has 0 bridgehead atoms. The molecule has 0 aliphatic heterocycles. The highest BCUT2D eigenvalue weighted by atomic mass is 79.9. The van der Waals surface area contributed by atoms with Crippen LogP contribution in [0.25, 0.3) is 6.08 Å². The number of benzene rings is 3. The van der Waals surface area contributed by atoms with Crippen LogP contribution < -0.4 is 20.1 Å². The largest absolute Gasteiger partial charge is 0.490 e. The fraction of sp³-hybridized carbons (Fsp3) is 0.148. The Kier molecular flexibility index (Phi) is 9.98. The summed E-state index contributed by atoms with van der Waals surface area (Å²) < 4.78 is 11.9. The van der Waals surface area contributed by atoms with Gasteiger partial charge in [-0.2, -0.15) is 5.26 Å². The van der Waals surface area contributed by atoms with Gasteiger partial charge in [-0.15, -0.1) is 0 Å². The van der Waals surface area contributed by atoms with Crippen molar-refractivity contribution < 1.29 is 19.1 Å². The summed E-state index contributed by atoms with van der Waals surface area (Å²) >= 11 is 15.6. The van der Waals surface area contributed by atoms with Gasteiger partial charge >= 0.3 is 0 Å². The van der Waals surface area contributed by atoms with Gasteiger partial charge in [0.1, 0.15) is 11.6 Å². The summed E-state index contributed by atoms with van der Waals surface area (Å²) in [5, 5.41) is 15.8. The van der Waals surface area contributed by atoms with Crippen LogP contribution in [-0.2, 0) is 9.59 Å². The molecule has 0 saturated heterocycles. The molecule has 190 valence electrons. The summed E-state index contributed by atoms with van der Waals surface area (Å²) in [6, 6.07) is 17.1. The van der Waals surface area contributed by atoms with Gasteiger partial charge in [-0.25, -0.2) is 0 Å². The molecule has 0 atom stereocenters. The highest BCUT2D eigenvalue weighted by molar-refractivity contribution is 9.10. The number of nitrogens with zero attached hydrogens (tertiary/aromatic N) is 1. The first-order valence-corrected chi connectivity index (χ1v) is 12.6. The van der Waals surface area contributed by atoms with E-state index in [1.54, 1.807) is 61.5 Å². The average molecular weight is 603 g/mol. The normalized spacial score (nSPS) is 10.9. The predicted molar refractivity (Wildman–Crippen MR) is 149 cm³/mol. The summed E-state index contributed by atoms with van der Waals surface area (Å²) in [6.07, 6.45) is 1.41. The number of anilines is 2. The summed E-state index contributed by atoms with van der Waals surface area (Å²) in [6.45, 7) is 3.70. The molecule has 0 heterocycles. The fourth-order valence-corrected chi connectivity index (χ4v) is 4.08. The molecule has 0 saturated carbocycles. The minimum absolute atomic E-state index is 0.140. The molecule has 2 amide bonds. The molecule has 0 aliphatic carbocycles. The molecule has 0 fully saturated rings. The van der Waals surface area contributed by atoms with Crippen LogP contribution in [-0.4, -0.2) is 25.0 Å². The SMILES string of the molecule is CCOc1cc(/C=C(\C#N)C(=O)Nc2ccccc2Cl)cc(Br)c1OCC(=O)Nc1ccc(C)c(Cl)c1. The molecular weight excluding hydrogens is 581 g/mol. The Labute approximate surface area is 233 Å². The van der Waals surface area contributed by atoms with Crippen molar-refractivity contribution in [2.75, 3.05) is 23.8 Å². The first-order valence-electron chi connectivity index (χ1n) is 11.0. The zero-order valence-corrected chi connectivity index (χ0v) is 23.0. The molecule has 3 aromatic rings. The van der Waals surface area contributed by atoms with Gasteiger partial charge < -0.3 is 20.1 Å². The average Bonchev–Trinajstić information content (AvgIpc) is 2.85. The number of amides is 2. The van der Waals surface area contributed by atoms with E-state index in [2.05, 4.69) is 26.6 Å². The Balaban J connectivity index is 1.77. The number of carbonyl (C=O) groups excluding carboxylic acids is 2. The van der Waals surface area contributed by atoms with Crippen LogP contribution in [0.3, 0.4) is 0 Å². The van der Waals surface area contributed by atoms with Crippen molar-refractivity contribution in [2.24, 2.45) is 0 Å². The summed E-state index contributed by atoms with van der Waals surface area (Å²) in [7, 11) is 0. The number of hydrogen-bond donors (Lipinski definition) is 2. The summed E-state index contributed by atoms with van der Waals surface area (Å²) in [5.41, 5.74) is 2.21. The molecule has 0 radical (unpaired) electrons. The summed E-state index contributed by atoms with van der Waals surface area (Å²) in [5.74, 6) is -0.368. The van der Waals surface area contributed by atoms with E-state index in [4.69, 9.17) is 32.7 Å². The van der Waals surface area contributed by atoms with Crippen LogP contribution in [0.5, 0.6) is 11.5 Å². The highest BCUT2D eigenvalue weighted by Crippen LogP contribution is 2.37. The molecule has 0 unspecified atom stereocenters. The van der Waals surface area contributed by atoms with Crippen molar-refractivity contribution in [1.29, 1.82) is 5.26 Å². The van der Waals surface area contributed by atoms with Crippen molar-refractivity contribution in [3.8, 4) is 17.6 Å². The number of para-hydroxylation sites is 1. The first-order chi connectivity index (χ1) is 17.7. The van der Waals surface area contributed by atoms with Crippen LogP contribution in [0.1, 0.15) is 18.1 Å². The fourth-order valence-electron chi connectivity index (χ4n) is 3.15. The smallest absolute Gasteiger partial charge is 0.266 e. The number of rotatable bonds is 9. The third-order valence-electron chi connectivity index (χ3n) is 4.93. The Hall–Kier alpha value is -3.51. The van der Waals surface area contributed by atoms with Crippen LogP contribution in [0.2, 0.25) is 10.0 Å². The number of aryl methyl sites for hydroxylation is 1. The van der Waals surface area contributed by atoms with Crippen LogP contribution in [0, 0.1) is 18.3 Å². The number of hydrogen-bond acceptors (Lipinski definition) is 5. The van der Waals surface area contributed by atoms with Gasteiger partial charge in [0, 0.05) is 10.7 Å². The Morgan fingerprint density at radius 3 is 2.49 bits per heavy atom. The van der Waals surface area contributed by atoms with E-state index < -0.39 is 5.91 Å². The van der Waals surface area contributed by atoms with E-state index in [-0.39, 0.29) is 18.1 Å². The van der Waals surface area contributed by atoms with Gasteiger partial charge in [-0.05, 0) is 83.4 Å². The minimum Gasteiger partial charge on any atom is -0.490 e. The number of nitriles is 1. The lowest BCUT2D eigenvalue weighted by molar-refractivity contribution is -0.118. The molecule has 10 heteroatoms. The second kappa shape index (κ2) is 13.2. The predicted octanol–water partition coefficient (Wildman–Crippen LogP) is 7.03.